The lowest BCUT2D eigenvalue weighted by Crippen LogP contribution is -2.26. The predicted octanol–water partition coefficient (Wildman–Crippen LogP) is 6.57. The van der Waals surface area contributed by atoms with Crippen LogP contribution in [0.4, 0.5) is 5.82 Å². The number of nitrogens with one attached hydrogen (secondary N) is 1. The van der Waals surface area contributed by atoms with Gasteiger partial charge in [-0.15, -0.1) is 0 Å². The average Bonchev–Trinajstić information content (AvgIpc) is 3.43. The van der Waals surface area contributed by atoms with E-state index in [4.69, 9.17) is 15.0 Å². The zero-order chi connectivity index (χ0) is 32.6. The van der Waals surface area contributed by atoms with Crippen LogP contribution < -0.4 is 11.1 Å². The van der Waals surface area contributed by atoms with E-state index in [2.05, 4.69) is 88.0 Å². The lowest BCUT2D eigenvalue weighted by atomic mass is 10.2. The lowest BCUT2D eigenvalue weighted by Gasteiger charge is -2.17. The molecule has 0 aromatic carbocycles. The summed E-state index contributed by atoms with van der Waals surface area (Å²) in [6, 6.07) is 0. The Balaban J connectivity index is 1.47. The second-order valence-electron chi connectivity index (χ2n) is 10.2. The van der Waals surface area contributed by atoms with Crippen LogP contribution in [0.1, 0.15) is 65.2 Å². The number of anilines is 1. The summed E-state index contributed by atoms with van der Waals surface area (Å²) < 4.78 is 24.6. The molecule has 2 aromatic rings. The van der Waals surface area contributed by atoms with Gasteiger partial charge in [-0.25, -0.2) is 15.0 Å². The molecule has 4 N–H and O–H groups in total. The molecule has 0 aliphatic heterocycles. The minimum atomic E-state index is -3.98. The van der Waals surface area contributed by atoms with Gasteiger partial charge >= 0.3 is 7.60 Å². The summed E-state index contributed by atoms with van der Waals surface area (Å²) in [5.74, 6) is 0.133. The zero-order valence-corrected chi connectivity index (χ0v) is 27.4. The molecule has 2 atom stereocenters. The molecule has 1 unspecified atom stereocenters. The van der Waals surface area contributed by atoms with E-state index >= 15 is 0 Å². The SMILES string of the molecule is CC/C=C\C/C=C\C/C=C\C/C=C\C/C=C\C/C=C\CCC(=O)NCCOP(=O)(O)CO[C@H](C)Cn1cnc2c(N)ncnc21. The van der Waals surface area contributed by atoms with E-state index in [0.717, 1.165) is 38.5 Å². The monoisotopic (exact) mass is 640 g/mol. The van der Waals surface area contributed by atoms with Crippen LogP contribution in [-0.2, 0) is 25.2 Å². The highest BCUT2D eigenvalue weighted by atomic mass is 31.2. The minimum Gasteiger partial charge on any atom is -0.382 e. The number of hydrogen-bond acceptors (Lipinski definition) is 8. The Hall–Kier alpha value is -3.63. The Morgan fingerprint density at radius 2 is 1.53 bits per heavy atom. The van der Waals surface area contributed by atoms with Crippen LogP contribution in [0, 0.1) is 0 Å². The molecule has 1 amide bonds. The van der Waals surface area contributed by atoms with E-state index in [1.54, 1.807) is 17.8 Å². The van der Waals surface area contributed by atoms with Crippen molar-refractivity contribution in [2.75, 3.05) is 25.2 Å². The number of hydrogen-bond donors (Lipinski definition) is 3. The number of ether oxygens (including phenoxy) is 1. The van der Waals surface area contributed by atoms with Crippen LogP contribution in [0.5, 0.6) is 0 Å². The van der Waals surface area contributed by atoms with Crippen LogP contribution in [0.3, 0.4) is 0 Å². The average molecular weight is 641 g/mol. The molecular weight excluding hydrogens is 591 g/mol. The molecule has 11 nitrogen and oxygen atoms in total. The maximum atomic E-state index is 12.3. The number of rotatable bonds is 23. The number of amides is 1. The molecule has 45 heavy (non-hydrogen) atoms. The van der Waals surface area contributed by atoms with Crippen molar-refractivity contribution < 1.29 is 23.5 Å². The molecule has 0 aliphatic carbocycles. The van der Waals surface area contributed by atoms with Crippen molar-refractivity contribution in [3.05, 3.63) is 85.6 Å². The molecule has 246 valence electrons. The van der Waals surface area contributed by atoms with Crippen molar-refractivity contribution >= 4 is 30.5 Å². The molecule has 0 bridgehead atoms. The standard InChI is InChI=1S/C33H49N6O5P/c1-3-4-5-6-7-8-9-10-11-12-13-14-15-16-17-18-19-20-21-22-30(40)35-23-24-44-45(41,42)28-43-29(2)25-39-27-38-31-32(34)36-26-37-33(31)39/h4-5,7-8,10-11,13-14,16-17,19-20,26-27,29H,3,6,9,12,15,18,21-25,28H2,1-2H3,(H,35,40)(H,41,42)(H2,34,36,37)/b5-4-,8-7-,11-10-,14-13-,17-16-,20-19-/t29-/m1/s1. The van der Waals surface area contributed by atoms with Crippen molar-refractivity contribution in [3.8, 4) is 0 Å². The van der Waals surface area contributed by atoms with E-state index in [0.29, 0.717) is 30.6 Å². The number of aromatic nitrogens is 4. The number of nitrogens with two attached hydrogens (primary N) is 1. The third-order valence-corrected chi connectivity index (χ3v) is 7.32. The summed E-state index contributed by atoms with van der Waals surface area (Å²) in [7, 11) is -3.98. The third kappa shape index (κ3) is 17.4. The first-order valence-electron chi connectivity index (χ1n) is 15.5. The number of carbonyl (C=O) groups is 1. The first-order valence-corrected chi connectivity index (χ1v) is 17.2. The molecule has 12 heteroatoms. The molecular formula is C33H49N6O5P. The quantitative estimate of drug-likeness (QED) is 0.0695. The number of fused-ring (bicyclic) bond motifs is 1. The van der Waals surface area contributed by atoms with Crippen molar-refractivity contribution in [1.82, 2.24) is 24.8 Å². The van der Waals surface area contributed by atoms with Gasteiger partial charge in [0.15, 0.2) is 11.5 Å². The molecule has 0 saturated heterocycles. The van der Waals surface area contributed by atoms with Gasteiger partial charge in [-0.3, -0.25) is 9.36 Å². The summed E-state index contributed by atoms with van der Waals surface area (Å²) in [6.07, 6.45) is 34.4. The van der Waals surface area contributed by atoms with Crippen molar-refractivity contribution in [2.45, 2.75) is 77.9 Å². The number of nitrogen functional groups attached to an aromatic ring is 1. The van der Waals surface area contributed by atoms with Gasteiger partial charge < -0.3 is 29.8 Å². The Kier molecular flexibility index (Phi) is 19.0. The fourth-order valence-electron chi connectivity index (χ4n) is 3.94. The Bertz CT molecular complexity index is 1360. The van der Waals surface area contributed by atoms with Crippen LogP contribution in [-0.4, -0.2) is 55.9 Å². The maximum Gasteiger partial charge on any atom is 0.353 e. The lowest BCUT2D eigenvalue weighted by molar-refractivity contribution is -0.121. The summed E-state index contributed by atoms with van der Waals surface area (Å²) in [4.78, 5) is 34.3. The third-order valence-electron chi connectivity index (χ3n) is 6.26. The van der Waals surface area contributed by atoms with E-state index in [9.17, 15) is 14.3 Å². The van der Waals surface area contributed by atoms with Crippen molar-refractivity contribution in [3.63, 3.8) is 0 Å². The van der Waals surface area contributed by atoms with Crippen LogP contribution in [0.25, 0.3) is 11.2 Å². The summed E-state index contributed by atoms with van der Waals surface area (Å²) >= 11 is 0. The molecule has 0 fully saturated rings. The van der Waals surface area contributed by atoms with Crippen LogP contribution in [0.2, 0.25) is 0 Å². The van der Waals surface area contributed by atoms with Crippen molar-refractivity contribution in [1.29, 1.82) is 0 Å². The van der Waals surface area contributed by atoms with Gasteiger partial charge in [0.1, 0.15) is 18.2 Å². The normalized spacial score (nSPS) is 14.7. The topological polar surface area (TPSA) is 154 Å². The number of carbonyl (C=O) groups excluding carboxylic acids is 1. The zero-order valence-electron chi connectivity index (χ0n) is 26.5. The van der Waals surface area contributed by atoms with Gasteiger partial charge in [-0.05, 0) is 51.9 Å². The molecule has 2 rings (SSSR count). The highest BCUT2D eigenvalue weighted by molar-refractivity contribution is 7.52. The molecule has 2 aromatic heterocycles. The fourth-order valence-corrected chi connectivity index (χ4v) is 4.84. The first-order chi connectivity index (χ1) is 21.8. The molecule has 2 heterocycles. The highest BCUT2D eigenvalue weighted by Gasteiger charge is 2.22. The first kappa shape index (κ1) is 37.6. The van der Waals surface area contributed by atoms with E-state index in [-0.39, 0.29) is 24.9 Å². The van der Waals surface area contributed by atoms with Gasteiger partial charge in [0, 0.05) is 13.0 Å². The highest BCUT2D eigenvalue weighted by Crippen LogP contribution is 2.41. The Morgan fingerprint density at radius 3 is 2.13 bits per heavy atom. The smallest absolute Gasteiger partial charge is 0.353 e. The van der Waals surface area contributed by atoms with Crippen LogP contribution in [0.15, 0.2) is 85.6 Å². The summed E-state index contributed by atoms with van der Waals surface area (Å²) in [6.45, 7) is 4.28. The second kappa shape index (κ2) is 22.8. The maximum absolute atomic E-state index is 12.3. The largest absolute Gasteiger partial charge is 0.382 e. The fraction of sp³-hybridized carbons (Fsp3) is 0.455. The summed E-state index contributed by atoms with van der Waals surface area (Å²) in [5, 5.41) is 2.69. The van der Waals surface area contributed by atoms with Gasteiger partial charge in [-0.1, -0.05) is 79.8 Å². The molecule has 0 saturated carbocycles. The molecule has 0 radical (unpaired) electrons. The minimum absolute atomic E-state index is 0.0977. The molecule has 0 spiro atoms. The number of imidazole rings is 1. The van der Waals surface area contributed by atoms with Gasteiger partial charge in [0.25, 0.3) is 0 Å². The Morgan fingerprint density at radius 1 is 0.956 bits per heavy atom. The number of allylic oxidation sites excluding steroid dienone is 12. The van der Waals surface area contributed by atoms with Crippen LogP contribution >= 0.6 is 7.60 Å². The molecule has 0 aliphatic rings. The second-order valence-corrected chi connectivity index (χ2v) is 12.0. The van der Waals surface area contributed by atoms with Crippen molar-refractivity contribution in [2.24, 2.45) is 0 Å². The van der Waals surface area contributed by atoms with E-state index in [1.807, 2.05) is 12.2 Å². The predicted molar refractivity (Wildman–Crippen MR) is 181 cm³/mol. The van der Waals surface area contributed by atoms with Gasteiger partial charge in [-0.2, -0.15) is 0 Å². The number of nitrogens with zero attached hydrogens (tertiary/aromatic N) is 4. The Labute approximate surface area is 267 Å². The van der Waals surface area contributed by atoms with Gasteiger partial charge in [0.2, 0.25) is 5.91 Å². The van der Waals surface area contributed by atoms with E-state index in [1.165, 1.54) is 6.33 Å². The summed E-state index contributed by atoms with van der Waals surface area (Å²) in [5.41, 5.74) is 6.84. The van der Waals surface area contributed by atoms with E-state index < -0.39 is 20.0 Å². The van der Waals surface area contributed by atoms with Gasteiger partial charge in [0.05, 0.1) is 25.6 Å².